The quantitative estimate of drug-likeness (QED) is 0.747. The zero-order chi connectivity index (χ0) is 13.3. The van der Waals surface area contributed by atoms with Crippen molar-refractivity contribution in [3.05, 3.63) is 23.4 Å². The van der Waals surface area contributed by atoms with Crippen molar-refractivity contribution < 1.29 is 4.79 Å². The van der Waals surface area contributed by atoms with E-state index in [1.807, 2.05) is 0 Å². The third kappa shape index (κ3) is 2.55. The van der Waals surface area contributed by atoms with Gasteiger partial charge in [0, 0.05) is 17.2 Å². The molecule has 0 radical (unpaired) electrons. The Labute approximate surface area is 104 Å². The molecule has 2 aromatic rings. The Hall–Kier alpha value is -2.18. The molecule has 7 nitrogen and oxygen atoms in total. The molecule has 0 saturated carbocycles. The first-order valence-corrected chi connectivity index (χ1v) is 5.62. The molecule has 0 fully saturated rings. The fraction of sp³-hybridized carbons (Fsp3) is 0.455. The van der Waals surface area contributed by atoms with Gasteiger partial charge in [-0.25, -0.2) is 4.98 Å². The van der Waals surface area contributed by atoms with E-state index in [1.54, 1.807) is 13.0 Å². The third-order valence-electron chi connectivity index (χ3n) is 2.43. The number of carbonyl (C=O) groups excluding carboxylic acids is 1. The highest BCUT2D eigenvalue weighted by Gasteiger charge is 2.18. The van der Waals surface area contributed by atoms with E-state index in [4.69, 9.17) is 0 Å². The average Bonchev–Trinajstić information content (AvgIpc) is 2.85. The number of rotatable bonds is 2. The topological polar surface area (TPSA) is 99.3 Å². The maximum atomic E-state index is 11.8. The molecule has 0 aliphatic carbocycles. The van der Waals surface area contributed by atoms with Crippen molar-refractivity contribution in [2.24, 2.45) is 0 Å². The van der Waals surface area contributed by atoms with Crippen LogP contribution in [-0.4, -0.2) is 31.3 Å². The number of aryl methyl sites for hydroxylation is 1. The molecule has 0 spiro atoms. The van der Waals surface area contributed by atoms with Crippen LogP contribution in [0.4, 0.5) is 5.82 Å². The molecule has 0 saturated heterocycles. The Morgan fingerprint density at radius 2 is 2.00 bits per heavy atom. The lowest BCUT2D eigenvalue weighted by atomic mass is 9.92. The molecule has 0 aliphatic rings. The molecule has 0 unspecified atom stereocenters. The average molecular weight is 248 g/mol. The summed E-state index contributed by atoms with van der Waals surface area (Å²) in [6, 6.07) is 1.80. The van der Waals surface area contributed by atoms with Crippen molar-refractivity contribution in [3.8, 4) is 0 Å². The van der Waals surface area contributed by atoms with Crippen molar-refractivity contribution in [2.45, 2.75) is 33.1 Å². The van der Waals surface area contributed by atoms with Gasteiger partial charge < -0.3 is 5.32 Å². The lowest BCUT2D eigenvalue weighted by Crippen LogP contribution is -2.14. The molecule has 0 aromatic carbocycles. The largest absolute Gasteiger partial charge is 0.302 e. The summed E-state index contributed by atoms with van der Waals surface area (Å²) in [5.74, 6) is 0.782. The summed E-state index contributed by atoms with van der Waals surface area (Å²) < 4.78 is 0. The second kappa shape index (κ2) is 4.25. The van der Waals surface area contributed by atoms with Gasteiger partial charge in [-0.2, -0.15) is 5.10 Å². The van der Waals surface area contributed by atoms with Gasteiger partial charge in [0.15, 0.2) is 5.82 Å². The van der Waals surface area contributed by atoms with Crippen molar-refractivity contribution in [2.75, 3.05) is 5.32 Å². The molecule has 96 valence electrons. The predicted octanol–water partition coefficient (Wildman–Crippen LogP) is 1.39. The van der Waals surface area contributed by atoms with Gasteiger partial charge in [0.05, 0.1) is 0 Å². The Balaban J connectivity index is 2.10. The number of nitrogens with zero attached hydrogens (tertiary/aromatic N) is 3. The molecule has 0 atom stereocenters. The van der Waals surface area contributed by atoms with Crippen LogP contribution in [0.1, 0.15) is 42.9 Å². The molecule has 2 heterocycles. The SMILES string of the molecule is Cc1nc(C(=O)Nc2cc(C(C)(C)C)[nH]n2)n[nH]1. The van der Waals surface area contributed by atoms with Crippen molar-refractivity contribution in [1.29, 1.82) is 0 Å². The van der Waals surface area contributed by atoms with E-state index in [9.17, 15) is 4.79 Å². The second-order valence-electron chi connectivity index (χ2n) is 5.12. The van der Waals surface area contributed by atoms with Crippen LogP contribution in [0.5, 0.6) is 0 Å². The van der Waals surface area contributed by atoms with Crippen LogP contribution in [-0.2, 0) is 5.41 Å². The smallest absolute Gasteiger partial charge is 0.296 e. The summed E-state index contributed by atoms with van der Waals surface area (Å²) in [7, 11) is 0. The Kier molecular flexibility index (Phi) is 2.90. The van der Waals surface area contributed by atoms with E-state index < -0.39 is 0 Å². The molecule has 18 heavy (non-hydrogen) atoms. The number of anilines is 1. The third-order valence-corrected chi connectivity index (χ3v) is 2.43. The van der Waals surface area contributed by atoms with Crippen LogP contribution in [0.2, 0.25) is 0 Å². The molecule has 2 rings (SSSR count). The summed E-state index contributed by atoms with van der Waals surface area (Å²) in [5, 5.41) is 16.0. The molecule has 1 amide bonds. The van der Waals surface area contributed by atoms with Crippen LogP contribution in [0.3, 0.4) is 0 Å². The molecule has 0 aliphatic heterocycles. The molecular formula is C11H16N6O. The van der Waals surface area contributed by atoms with E-state index in [2.05, 4.69) is 51.5 Å². The number of amides is 1. The fourth-order valence-electron chi connectivity index (χ4n) is 1.39. The monoisotopic (exact) mass is 248 g/mol. The van der Waals surface area contributed by atoms with Gasteiger partial charge in [-0.1, -0.05) is 20.8 Å². The van der Waals surface area contributed by atoms with Crippen LogP contribution >= 0.6 is 0 Å². The second-order valence-corrected chi connectivity index (χ2v) is 5.12. The maximum Gasteiger partial charge on any atom is 0.296 e. The number of aromatic nitrogens is 5. The lowest BCUT2D eigenvalue weighted by Gasteiger charge is -2.14. The number of nitrogens with one attached hydrogen (secondary N) is 3. The van der Waals surface area contributed by atoms with Crippen LogP contribution < -0.4 is 5.32 Å². The number of H-pyrrole nitrogens is 2. The van der Waals surface area contributed by atoms with Crippen LogP contribution in [0.15, 0.2) is 6.07 Å². The summed E-state index contributed by atoms with van der Waals surface area (Å²) in [6.45, 7) is 7.91. The minimum absolute atomic E-state index is 0.0445. The van der Waals surface area contributed by atoms with E-state index in [1.165, 1.54) is 0 Å². The fourth-order valence-corrected chi connectivity index (χ4v) is 1.39. The predicted molar refractivity (Wildman–Crippen MR) is 66.4 cm³/mol. The van der Waals surface area contributed by atoms with E-state index in [0.29, 0.717) is 11.6 Å². The lowest BCUT2D eigenvalue weighted by molar-refractivity contribution is 0.101. The van der Waals surface area contributed by atoms with Gasteiger partial charge >= 0.3 is 0 Å². The number of hydrogen-bond donors (Lipinski definition) is 3. The summed E-state index contributed by atoms with van der Waals surface area (Å²) in [5.41, 5.74) is 0.904. The Morgan fingerprint density at radius 3 is 2.50 bits per heavy atom. The van der Waals surface area contributed by atoms with Crippen LogP contribution in [0, 0.1) is 6.92 Å². The Morgan fingerprint density at radius 1 is 1.28 bits per heavy atom. The minimum atomic E-state index is -0.383. The van der Waals surface area contributed by atoms with Crippen molar-refractivity contribution in [3.63, 3.8) is 0 Å². The van der Waals surface area contributed by atoms with E-state index >= 15 is 0 Å². The minimum Gasteiger partial charge on any atom is -0.302 e. The van der Waals surface area contributed by atoms with Gasteiger partial charge in [-0.3, -0.25) is 15.0 Å². The standard InChI is InChI=1S/C11H16N6O/c1-6-12-9(17-14-6)10(18)13-8-5-7(15-16-8)11(2,3)4/h5H,1-4H3,(H,12,14,17)(H2,13,15,16,18). The molecule has 2 aromatic heterocycles. The molecule has 7 heteroatoms. The highest BCUT2D eigenvalue weighted by molar-refractivity contribution is 6.00. The van der Waals surface area contributed by atoms with Gasteiger partial charge in [0.1, 0.15) is 5.82 Å². The number of hydrogen-bond acceptors (Lipinski definition) is 4. The van der Waals surface area contributed by atoms with Crippen molar-refractivity contribution >= 4 is 11.7 Å². The highest BCUT2D eigenvalue weighted by Crippen LogP contribution is 2.21. The maximum absolute atomic E-state index is 11.8. The first kappa shape index (κ1) is 12.3. The zero-order valence-corrected chi connectivity index (χ0v) is 10.8. The van der Waals surface area contributed by atoms with Gasteiger partial charge in [0.25, 0.3) is 5.91 Å². The Bertz CT molecular complexity index is 562. The molecule has 3 N–H and O–H groups in total. The normalized spacial score (nSPS) is 11.6. The first-order valence-electron chi connectivity index (χ1n) is 5.62. The molecule has 0 bridgehead atoms. The van der Waals surface area contributed by atoms with Crippen molar-refractivity contribution in [1.82, 2.24) is 25.4 Å². The highest BCUT2D eigenvalue weighted by atomic mass is 16.2. The van der Waals surface area contributed by atoms with Gasteiger partial charge in [-0.05, 0) is 6.92 Å². The van der Waals surface area contributed by atoms with E-state index in [0.717, 1.165) is 5.69 Å². The number of carbonyl (C=O) groups is 1. The summed E-state index contributed by atoms with van der Waals surface area (Å²) in [4.78, 5) is 15.7. The van der Waals surface area contributed by atoms with Gasteiger partial charge in [-0.15, -0.1) is 5.10 Å². The zero-order valence-electron chi connectivity index (χ0n) is 10.8. The van der Waals surface area contributed by atoms with E-state index in [-0.39, 0.29) is 17.1 Å². The molecular weight excluding hydrogens is 232 g/mol. The summed E-state index contributed by atoms with van der Waals surface area (Å²) in [6.07, 6.45) is 0. The van der Waals surface area contributed by atoms with Gasteiger partial charge in [0.2, 0.25) is 5.82 Å². The first-order chi connectivity index (χ1) is 8.36. The summed E-state index contributed by atoms with van der Waals surface area (Å²) >= 11 is 0. The number of aromatic amines is 2. The van der Waals surface area contributed by atoms with Crippen LogP contribution in [0.25, 0.3) is 0 Å².